The van der Waals surface area contributed by atoms with Crippen molar-refractivity contribution in [2.24, 2.45) is 0 Å². The zero-order valence-electron chi connectivity index (χ0n) is 6.83. The number of rotatable bonds is 5. The second-order valence-corrected chi connectivity index (χ2v) is 4.37. The lowest BCUT2D eigenvalue weighted by molar-refractivity contribution is 0.222. The van der Waals surface area contributed by atoms with E-state index in [1.165, 1.54) is 12.8 Å². The van der Waals surface area contributed by atoms with Crippen LogP contribution in [0.15, 0.2) is 0 Å². The van der Waals surface area contributed by atoms with Crippen molar-refractivity contribution in [2.45, 2.75) is 31.8 Å². The van der Waals surface area contributed by atoms with Crippen molar-refractivity contribution in [1.82, 2.24) is 0 Å². The van der Waals surface area contributed by atoms with Crippen molar-refractivity contribution >= 4 is 27.3 Å². The molecule has 2 atom stereocenters. The van der Waals surface area contributed by atoms with Crippen LogP contribution >= 0.6 is 15.9 Å². The van der Waals surface area contributed by atoms with E-state index in [4.69, 9.17) is 8.37 Å². The first-order valence-electron chi connectivity index (χ1n) is 4.11. The first-order chi connectivity index (χ1) is 5.83. The van der Waals surface area contributed by atoms with Crippen LogP contribution in [0, 0.1) is 0 Å². The Hall–Kier alpha value is 0.550. The minimum Gasteiger partial charge on any atom is -0.266 e. The molecule has 3 nitrogen and oxygen atoms in total. The summed E-state index contributed by atoms with van der Waals surface area (Å²) in [5, 5.41) is 1.06. The third-order valence-corrected chi connectivity index (χ3v) is 3.04. The molecule has 2 unspecified atom stereocenters. The maximum atomic E-state index is 10.6. The Balaban J connectivity index is 1.97. The van der Waals surface area contributed by atoms with Gasteiger partial charge in [0.05, 0.1) is 6.61 Å². The number of halogens is 1. The standard InChI is InChI=1S/C7H13BrO3S/c8-5-3-1-2-4-7-6-10-12(9)11-7/h7H,1-6H2. The van der Waals surface area contributed by atoms with Crippen molar-refractivity contribution in [3.8, 4) is 0 Å². The minimum atomic E-state index is -1.47. The quantitative estimate of drug-likeness (QED) is 0.557. The van der Waals surface area contributed by atoms with Crippen LogP contribution in [0.3, 0.4) is 0 Å². The van der Waals surface area contributed by atoms with Crippen molar-refractivity contribution < 1.29 is 12.6 Å². The molecule has 0 saturated carbocycles. The van der Waals surface area contributed by atoms with Gasteiger partial charge in [0.25, 0.3) is 0 Å². The highest BCUT2D eigenvalue weighted by Gasteiger charge is 2.22. The predicted molar refractivity (Wildman–Crippen MR) is 51.2 cm³/mol. The average Bonchev–Trinajstić information content (AvgIpc) is 2.45. The zero-order valence-corrected chi connectivity index (χ0v) is 9.23. The summed E-state index contributed by atoms with van der Waals surface area (Å²) < 4.78 is 20.3. The molecule has 5 heteroatoms. The number of hydrogen-bond donors (Lipinski definition) is 0. The van der Waals surface area contributed by atoms with Crippen molar-refractivity contribution in [2.75, 3.05) is 11.9 Å². The van der Waals surface area contributed by atoms with Gasteiger partial charge in [0.1, 0.15) is 6.10 Å². The molecular formula is C7H13BrO3S. The van der Waals surface area contributed by atoms with Gasteiger partial charge in [-0.15, -0.1) is 0 Å². The molecule has 0 aromatic heterocycles. The fraction of sp³-hybridized carbons (Fsp3) is 1.00. The summed E-state index contributed by atoms with van der Waals surface area (Å²) in [5.74, 6) is 0. The van der Waals surface area contributed by atoms with Gasteiger partial charge in [-0.05, 0) is 12.8 Å². The van der Waals surface area contributed by atoms with Gasteiger partial charge in [-0.25, -0.2) is 0 Å². The number of alkyl halides is 1. The van der Waals surface area contributed by atoms with E-state index in [1.54, 1.807) is 0 Å². The molecule has 1 saturated heterocycles. The summed E-state index contributed by atoms with van der Waals surface area (Å²) >= 11 is 1.90. The maximum Gasteiger partial charge on any atom is 0.305 e. The maximum absolute atomic E-state index is 10.6. The van der Waals surface area contributed by atoms with E-state index in [2.05, 4.69) is 15.9 Å². The van der Waals surface area contributed by atoms with Crippen LogP contribution in [-0.4, -0.2) is 22.2 Å². The third kappa shape index (κ3) is 3.98. The second-order valence-electron chi connectivity index (χ2n) is 2.75. The van der Waals surface area contributed by atoms with E-state index in [9.17, 15) is 4.21 Å². The highest BCUT2D eigenvalue weighted by molar-refractivity contribution is 9.09. The van der Waals surface area contributed by atoms with Crippen molar-refractivity contribution in [3.05, 3.63) is 0 Å². The molecule has 1 rings (SSSR count). The molecule has 1 fully saturated rings. The van der Waals surface area contributed by atoms with Crippen molar-refractivity contribution in [3.63, 3.8) is 0 Å². The first kappa shape index (κ1) is 10.6. The Morgan fingerprint density at radius 2 is 2.25 bits per heavy atom. The van der Waals surface area contributed by atoms with E-state index in [1.807, 2.05) is 0 Å². The van der Waals surface area contributed by atoms with Gasteiger partial charge in [-0.2, -0.15) is 4.21 Å². The molecule has 1 heterocycles. The van der Waals surface area contributed by atoms with Crippen LogP contribution < -0.4 is 0 Å². The summed E-state index contributed by atoms with van der Waals surface area (Å²) in [6.45, 7) is 0.487. The fourth-order valence-corrected chi connectivity index (χ4v) is 2.16. The molecule has 1 aliphatic rings. The Labute approximate surface area is 83.8 Å². The van der Waals surface area contributed by atoms with Crippen LogP contribution in [0.4, 0.5) is 0 Å². The van der Waals surface area contributed by atoms with E-state index in [-0.39, 0.29) is 6.10 Å². The van der Waals surface area contributed by atoms with E-state index < -0.39 is 11.4 Å². The predicted octanol–water partition coefficient (Wildman–Crippen LogP) is 1.94. The number of unbranched alkanes of at least 4 members (excludes halogenated alkanes) is 2. The van der Waals surface area contributed by atoms with Crippen LogP contribution in [0.1, 0.15) is 25.7 Å². The summed E-state index contributed by atoms with van der Waals surface area (Å²) in [6.07, 6.45) is 4.52. The van der Waals surface area contributed by atoms with Gasteiger partial charge in [0.15, 0.2) is 0 Å². The van der Waals surface area contributed by atoms with Crippen LogP contribution in [0.5, 0.6) is 0 Å². The molecule has 0 spiro atoms. The summed E-state index contributed by atoms with van der Waals surface area (Å²) in [5.41, 5.74) is 0. The molecular weight excluding hydrogens is 244 g/mol. The lowest BCUT2D eigenvalue weighted by Gasteiger charge is -2.03. The largest absolute Gasteiger partial charge is 0.305 e. The topological polar surface area (TPSA) is 35.5 Å². The Morgan fingerprint density at radius 3 is 2.83 bits per heavy atom. The lowest BCUT2D eigenvalue weighted by Crippen LogP contribution is -2.08. The van der Waals surface area contributed by atoms with Gasteiger partial charge in [-0.3, -0.25) is 8.37 Å². The highest BCUT2D eigenvalue weighted by Crippen LogP contribution is 2.15. The zero-order chi connectivity index (χ0) is 8.81. The van der Waals surface area contributed by atoms with E-state index >= 15 is 0 Å². The molecule has 0 N–H and O–H groups in total. The molecule has 0 aromatic carbocycles. The molecule has 0 amide bonds. The highest BCUT2D eigenvalue weighted by atomic mass is 79.9. The van der Waals surface area contributed by atoms with Gasteiger partial charge in [0, 0.05) is 5.33 Å². The van der Waals surface area contributed by atoms with Crippen LogP contribution in [0.2, 0.25) is 0 Å². The summed E-state index contributed by atoms with van der Waals surface area (Å²) in [6, 6.07) is 0. The third-order valence-electron chi connectivity index (χ3n) is 1.72. The molecule has 0 aliphatic carbocycles. The van der Waals surface area contributed by atoms with Crippen LogP contribution in [0.25, 0.3) is 0 Å². The molecule has 1 aliphatic heterocycles. The average molecular weight is 257 g/mol. The SMILES string of the molecule is O=S1OCC(CCCCCBr)O1. The van der Waals surface area contributed by atoms with Gasteiger partial charge < -0.3 is 0 Å². The molecule has 12 heavy (non-hydrogen) atoms. The van der Waals surface area contributed by atoms with Gasteiger partial charge >= 0.3 is 11.4 Å². The second kappa shape index (κ2) is 6.07. The first-order valence-corrected chi connectivity index (χ1v) is 6.23. The fourth-order valence-electron chi connectivity index (χ4n) is 1.07. The normalized spacial score (nSPS) is 29.4. The molecule has 0 radical (unpaired) electrons. The monoisotopic (exact) mass is 256 g/mol. The smallest absolute Gasteiger partial charge is 0.266 e. The molecule has 72 valence electrons. The minimum absolute atomic E-state index is 0.0566. The van der Waals surface area contributed by atoms with E-state index in [0.29, 0.717) is 6.61 Å². The van der Waals surface area contributed by atoms with Gasteiger partial charge in [0.2, 0.25) is 0 Å². The Kier molecular flexibility index (Phi) is 5.38. The Bertz CT molecular complexity index is 154. The van der Waals surface area contributed by atoms with Crippen molar-refractivity contribution in [1.29, 1.82) is 0 Å². The van der Waals surface area contributed by atoms with Gasteiger partial charge in [-0.1, -0.05) is 28.8 Å². The summed E-state index contributed by atoms with van der Waals surface area (Å²) in [7, 11) is 0. The van der Waals surface area contributed by atoms with Crippen LogP contribution in [-0.2, 0) is 19.7 Å². The number of hydrogen-bond acceptors (Lipinski definition) is 3. The molecule has 0 aromatic rings. The molecule has 0 bridgehead atoms. The van der Waals surface area contributed by atoms with E-state index in [0.717, 1.165) is 18.2 Å². The summed E-state index contributed by atoms with van der Waals surface area (Å²) in [4.78, 5) is 0. The lowest BCUT2D eigenvalue weighted by atomic mass is 10.1. The Morgan fingerprint density at radius 1 is 1.42 bits per heavy atom.